The van der Waals surface area contributed by atoms with Crippen molar-refractivity contribution in [1.82, 2.24) is 4.90 Å². The molecule has 8 heteroatoms. The van der Waals surface area contributed by atoms with E-state index in [9.17, 15) is 18.0 Å². The van der Waals surface area contributed by atoms with Crippen LogP contribution in [0.25, 0.3) is 0 Å². The van der Waals surface area contributed by atoms with Gasteiger partial charge in [-0.2, -0.15) is 13.2 Å². The van der Waals surface area contributed by atoms with Gasteiger partial charge in [-0.25, -0.2) is 4.79 Å². The van der Waals surface area contributed by atoms with E-state index in [1.165, 1.54) is 11.8 Å². The van der Waals surface area contributed by atoms with Crippen molar-refractivity contribution < 1.29 is 27.4 Å². The Kier molecular flexibility index (Phi) is 7.49. The Labute approximate surface area is 132 Å². The fourth-order valence-electron chi connectivity index (χ4n) is 1.42. The second kappa shape index (κ2) is 7.67. The summed E-state index contributed by atoms with van der Waals surface area (Å²) in [5.41, 5.74) is -1.81. The maximum absolute atomic E-state index is 12.3. The third-order valence-corrected chi connectivity index (χ3v) is 3.61. The minimum atomic E-state index is -4.41. The second-order valence-electron chi connectivity index (χ2n) is 5.98. The topological polar surface area (TPSA) is 38.8 Å². The van der Waals surface area contributed by atoms with Crippen LogP contribution in [0.2, 0.25) is 0 Å². The van der Waals surface area contributed by atoms with Gasteiger partial charge in [0.15, 0.2) is 0 Å². The minimum absolute atomic E-state index is 0.000255. The van der Waals surface area contributed by atoms with Crippen molar-refractivity contribution in [3.8, 4) is 0 Å². The number of rotatable bonds is 6. The molecule has 0 aliphatic carbocycles. The van der Waals surface area contributed by atoms with Crippen LogP contribution in [0.4, 0.5) is 18.0 Å². The molecule has 0 N–H and O–H groups in total. The Morgan fingerprint density at radius 1 is 1.19 bits per heavy atom. The Hall–Kier alpha value is -0.500. The van der Waals surface area contributed by atoms with Crippen LogP contribution in [0.15, 0.2) is 0 Å². The molecule has 0 saturated carbocycles. The first kappa shape index (κ1) is 20.5. The zero-order chi connectivity index (χ0) is 16.9. The van der Waals surface area contributed by atoms with Gasteiger partial charge in [0.05, 0.1) is 12.1 Å². The van der Waals surface area contributed by atoms with E-state index in [-0.39, 0.29) is 11.9 Å². The van der Waals surface area contributed by atoms with E-state index in [1.54, 1.807) is 27.7 Å². The lowest BCUT2D eigenvalue weighted by atomic mass is 10.1. The summed E-state index contributed by atoms with van der Waals surface area (Å²) < 4.78 is 47.0. The van der Waals surface area contributed by atoms with Crippen molar-refractivity contribution in [3.63, 3.8) is 0 Å². The smallest absolute Gasteiger partial charge is 0.411 e. The van der Waals surface area contributed by atoms with Crippen LogP contribution in [0.5, 0.6) is 0 Å². The van der Waals surface area contributed by atoms with Crippen LogP contribution < -0.4 is 0 Å². The predicted molar refractivity (Wildman–Crippen MR) is 77.7 cm³/mol. The maximum atomic E-state index is 12.3. The standard InChI is InChI=1S/C13H23BrF3NO3/c1-6-18(10(19)21-11(2,3)4)8-12(5,7-14)20-9-13(15,16)17/h6-9H2,1-5H3. The van der Waals surface area contributed by atoms with Crippen molar-refractivity contribution in [1.29, 1.82) is 0 Å². The van der Waals surface area contributed by atoms with E-state index in [0.717, 1.165) is 0 Å². The molecule has 0 aromatic carbocycles. The van der Waals surface area contributed by atoms with E-state index < -0.39 is 30.1 Å². The third-order valence-electron chi connectivity index (χ3n) is 2.43. The Balaban J connectivity index is 4.78. The second-order valence-corrected chi connectivity index (χ2v) is 6.54. The first-order valence-corrected chi connectivity index (χ1v) is 7.68. The predicted octanol–water partition coefficient (Wildman–Crippen LogP) is 3.98. The molecule has 1 unspecified atom stereocenters. The summed E-state index contributed by atoms with van der Waals surface area (Å²) in [5, 5.41) is 0.162. The molecule has 0 rings (SSSR count). The number of hydrogen-bond acceptors (Lipinski definition) is 3. The highest BCUT2D eigenvalue weighted by atomic mass is 79.9. The zero-order valence-electron chi connectivity index (χ0n) is 13.0. The van der Waals surface area contributed by atoms with Crippen LogP contribution in [0.3, 0.4) is 0 Å². The molecule has 21 heavy (non-hydrogen) atoms. The molecule has 0 radical (unpaired) electrons. The quantitative estimate of drug-likeness (QED) is 0.657. The number of nitrogens with zero attached hydrogens (tertiary/aromatic N) is 1. The number of halogens is 4. The first-order chi connectivity index (χ1) is 9.32. The molecule has 0 aliphatic rings. The molecule has 1 atom stereocenters. The lowest BCUT2D eigenvalue weighted by Gasteiger charge is -2.35. The molecule has 1 amide bonds. The van der Waals surface area contributed by atoms with Crippen LogP contribution in [0, 0.1) is 0 Å². The van der Waals surface area contributed by atoms with Gasteiger partial charge in [0, 0.05) is 11.9 Å². The number of hydrogen-bond donors (Lipinski definition) is 0. The summed E-state index contributed by atoms with van der Waals surface area (Å²) in [4.78, 5) is 13.3. The summed E-state index contributed by atoms with van der Waals surface area (Å²) in [7, 11) is 0. The zero-order valence-corrected chi connectivity index (χ0v) is 14.6. The Morgan fingerprint density at radius 3 is 2.05 bits per heavy atom. The summed E-state index contributed by atoms with van der Waals surface area (Å²) in [6.45, 7) is 7.37. The summed E-state index contributed by atoms with van der Waals surface area (Å²) >= 11 is 3.14. The first-order valence-electron chi connectivity index (χ1n) is 6.56. The number of likely N-dealkylation sites (N-methyl/N-ethyl adjacent to an activating group) is 1. The van der Waals surface area contributed by atoms with E-state index in [0.29, 0.717) is 6.54 Å². The van der Waals surface area contributed by atoms with Gasteiger partial charge < -0.3 is 14.4 Å². The molecule has 0 heterocycles. The molecular formula is C13H23BrF3NO3. The maximum Gasteiger partial charge on any atom is 0.411 e. The monoisotopic (exact) mass is 377 g/mol. The lowest BCUT2D eigenvalue weighted by Crippen LogP contribution is -2.49. The van der Waals surface area contributed by atoms with Gasteiger partial charge in [0.25, 0.3) is 0 Å². The molecule has 0 aromatic rings. The Bertz CT molecular complexity index is 345. The summed E-state index contributed by atoms with van der Waals surface area (Å²) in [5.74, 6) is 0. The largest absolute Gasteiger partial charge is 0.444 e. The van der Waals surface area contributed by atoms with Crippen molar-refractivity contribution in [2.75, 3.05) is 25.0 Å². The highest BCUT2D eigenvalue weighted by molar-refractivity contribution is 9.09. The number of amides is 1. The van der Waals surface area contributed by atoms with Gasteiger partial charge in [0.1, 0.15) is 12.2 Å². The molecule has 126 valence electrons. The molecule has 0 bridgehead atoms. The van der Waals surface area contributed by atoms with E-state index >= 15 is 0 Å². The van der Waals surface area contributed by atoms with E-state index in [1.807, 2.05) is 0 Å². The van der Waals surface area contributed by atoms with Crippen molar-refractivity contribution in [3.05, 3.63) is 0 Å². The van der Waals surface area contributed by atoms with Crippen molar-refractivity contribution in [2.45, 2.75) is 52.0 Å². The highest BCUT2D eigenvalue weighted by Crippen LogP contribution is 2.23. The van der Waals surface area contributed by atoms with Crippen LogP contribution in [-0.4, -0.2) is 53.4 Å². The van der Waals surface area contributed by atoms with Crippen molar-refractivity contribution >= 4 is 22.0 Å². The number of carbonyl (C=O) groups excluding carboxylic acids is 1. The summed E-state index contributed by atoms with van der Waals surface area (Å²) in [6, 6.07) is 0. The number of alkyl halides is 4. The van der Waals surface area contributed by atoms with Gasteiger partial charge in [-0.1, -0.05) is 15.9 Å². The normalized spacial score (nSPS) is 15.5. The van der Waals surface area contributed by atoms with E-state index in [2.05, 4.69) is 15.9 Å². The third kappa shape index (κ3) is 9.18. The fraction of sp³-hybridized carbons (Fsp3) is 0.923. The lowest BCUT2D eigenvalue weighted by molar-refractivity contribution is -0.200. The minimum Gasteiger partial charge on any atom is -0.444 e. The van der Waals surface area contributed by atoms with Gasteiger partial charge in [0.2, 0.25) is 0 Å². The van der Waals surface area contributed by atoms with E-state index in [4.69, 9.17) is 9.47 Å². The van der Waals surface area contributed by atoms with Gasteiger partial charge in [-0.15, -0.1) is 0 Å². The highest BCUT2D eigenvalue weighted by Gasteiger charge is 2.36. The fourth-order valence-corrected chi connectivity index (χ4v) is 1.76. The Morgan fingerprint density at radius 2 is 1.71 bits per heavy atom. The SMILES string of the molecule is CCN(CC(C)(CBr)OCC(F)(F)F)C(=O)OC(C)(C)C. The molecule has 0 aliphatic heterocycles. The molecule has 0 aromatic heterocycles. The molecule has 4 nitrogen and oxygen atoms in total. The van der Waals surface area contributed by atoms with Gasteiger partial charge in [-0.05, 0) is 34.6 Å². The summed E-state index contributed by atoms with van der Waals surface area (Å²) in [6.07, 6.45) is -4.99. The molecule has 0 fully saturated rings. The average molecular weight is 378 g/mol. The average Bonchev–Trinajstić information content (AvgIpc) is 2.30. The van der Waals surface area contributed by atoms with Crippen LogP contribution in [-0.2, 0) is 9.47 Å². The number of ether oxygens (including phenoxy) is 2. The number of carbonyl (C=O) groups is 1. The van der Waals surface area contributed by atoms with Gasteiger partial charge in [-0.3, -0.25) is 0 Å². The van der Waals surface area contributed by atoms with Crippen LogP contribution >= 0.6 is 15.9 Å². The molecule has 0 spiro atoms. The van der Waals surface area contributed by atoms with Crippen molar-refractivity contribution in [2.24, 2.45) is 0 Å². The molecular weight excluding hydrogens is 355 g/mol. The van der Waals surface area contributed by atoms with Crippen LogP contribution in [0.1, 0.15) is 34.6 Å². The molecule has 0 saturated heterocycles. The van der Waals surface area contributed by atoms with Gasteiger partial charge >= 0.3 is 12.3 Å².